The van der Waals surface area contributed by atoms with Crippen molar-refractivity contribution in [1.82, 2.24) is 4.98 Å². The van der Waals surface area contributed by atoms with E-state index in [0.29, 0.717) is 0 Å². The molecule has 0 aliphatic heterocycles. The molecule has 0 aliphatic rings. The third kappa shape index (κ3) is 3.99. The highest BCUT2D eigenvalue weighted by Gasteiger charge is 2.31. The fourth-order valence-corrected chi connectivity index (χ4v) is 2.27. The summed E-state index contributed by atoms with van der Waals surface area (Å²) in [6.45, 7) is -0.262. The number of benzene rings is 1. The topological polar surface area (TPSA) is 39.2 Å². The van der Waals surface area contributed by atoms with E-state index in [1.807, 2.05) is 0 Å². The summed E-state index contributed by atoms with van der Waals surface area (Å²) >= 11 is 11.8. The number of halogens is 5. The summed E-state index contributed by atoms with van der Waals surface area (Å²) in [5, 5.41) is -0.147. The Labute approximate surface area is 145 Å². The van der Waals surface area contributed by atoms with Crippen LogP contribution < -0.4 is 0 Å². The van der Waals surface area contributed by atoms with Crippen LogP contribution in [0.4, 0.5) is 13.2 Å². The van der Waals surface area contributed by atoms with Crippen molar-refractivity contribution in [3.63, 3.8) is 0 Å². The second kappa shape index (κ2) is 7.12. The zero-order valence-corrected chi connectivity index (χ0v) is 13.3. The second-order valence-electron chi connectivity index (χ2n) is 4.50. The van der Waals surface area contributed by atoms with Crippen molar-refractivity contribution in [2.45, 2.75) is 6.18 Å². The van der Waals surface area contributed by atoms with Gasteiger partial charge in [-0.2, -0.15) is 13.2 Å². The van der Waals surface area contributed by atoms with E-state index in [0.717, 1.165) is 18.2 Å². The van der Waals surface area contributed by atoms with Crippen LogP contribution in [0, 0.1) is 12.3 Å². The molecule has 0 fully saturated rings. The van der Waals surface area contributed by atoms with Gasteiger partial charge in [0.05, 0.1) is 21.3 Å². The highest BCUT2D eigenvalue weighted by Crippen LogP contribution is 2.35. The molecular formula is C16H8Cl2F3NO2. The molecule has 0 amide bonds. The van der Waals surface area contributed by atoms with Gasteiger partial charge in [-0.05, 0) is 24.3 Å². The predicted molar refractivity (Wildman–Crippen MR) is 83.8 cm³/mol. The molecule has 0 unspecified atom stereocenters. The zero-order chi connectivity index (χ0) is 17.9. The van der Waals surface area contributed by atoms with Crippen molar-refractivity contribution in [3.8, 4) is 23.6 Å². The van der Waals surface area contributed by atoms with Gasteiger partial charge in [0.25, 0.3) is 0 Å². The van der Waals surface area contributed by atoms with Gasteiger partial charge in [-0.3, -0.25) is 0 Å². The third-order valence-corrected chi connectivity index (χ3v) is 3.52. The first-order valence-electron chi connectivity index (χ1n) is 6.38. The molecule has 0 N–H and O–H groups in total. The van der Waals surface area contributed by atoms with E-state index in [9.17, 15) is 18.0 Å². The van der Waals surface area contributed by atoms with E-state index >= 15 is 0 Å². The Kier molecular flexibility index (Phi) is 5.37. The Morgan fingerprint density at radius 3 is 2.50 bits per heavy atom. The molecule has 1 aromatic heterocycles. The van der Waals surface area contributed by atoms with Gasteiger partial charge >= 0.3 is 12.1 Å². The van der Waals surface area contributed by atoms with Crippen molar-refractivity contribution in [2.24, 2.45) is 0 Å². The summed E-state index contributed by atoms with van der Waals surface area (Å²) in [7, 11) is 0. The molecule has 8 heteroatoms. The first-order chi connectivity index (χ1) is 11.2. The predicted octanol–water partition coefficient (Wildman–Crippen LogP) is 4.86. The Balaban J connectivity index is 2.43. The lowest BCUT2D eigenvalue weighted by Crippen LogP contribution is -2.09. The maximum Gasteiger partial charge on any atom is 0.416 e. The van der Waals surface area contributed by atoms with Crippen molar-refractivity contribution < 1.29 is 22.7 Å². The number of nitrogens with zero attached hydrogens (tertiary/aromatic N) is 1. The largest absolute Gasteiger partial charge is 0.448 e. The SMILES string of the molecule is C#CCOC(=O)c1nc(-c2ccc(C(F)(F)F)cc2Cl)ccc1Cl. The van der Waals surface area contributed by atoms with Gasteiger partial charge in [-0.15, -0.1) is 6.42 Å². The molecule has 2 rings (SSSR count). The summed E-state index contributed by atoms with van der Waals surface area (Å²) in [6, 6.07) is 5.61. The maximum atomic E-state index is 12.7. The Morgan fingerprint density at radius 2 is 1.92 bits per heavy atom. The number of hydrogen-bond acceptors (Lipinski definition) is 3. The van der Waals surface area contributed by atoms with E-state index < -0.39 is 17.7 Å². The van der Waals surface area contributed by atoms with Crippen LogP contribution in [-0.2, 0) is 10.9 Å². The van der Waals surface area contributed by atoms with Crippen molar-refractivity contribution in [2.75, 3.05) is 6.61 Å². The number of carbonyl (C=O) groups is 1. The van der Waals surface area contributed by atoms with Gasteiger partial charge < -0.3 is 4.74 Å². The monoisotopic (exact) mass is 373 g/mol. The van der Waals surface area contributed by atoms with Crippen LogP contribution in [0.5, 0.6) is 0 Å². The van der Waals surface area contributed by atoms with Crippen LogP contribution in [0.3, 0.4) is 0 Å². The van der Waals surface area contributed by atoms with Crippen LogP contribution in [0.25, 0.3) is 11.3 Å². The van der Waals surface area contributed by atoms with E-state index in [2.05, 4.69) is 10.9 Å². The van der Waals surface area contributed by atoms with Crippen molar-refractivity contribution >= 4 is 29.2 Å². The number of terminal acetylenes is 1. The molecule has 0 spiro atoms. The van der Waals surface area contributed by atoms with Gasteiger partial charge in [0.15, 0.2) is 12.3 Å². The summed E-state index contributed by atoms with van der Waals surface area (Å²) in [6.07, 6.45) is 0.479. The fraction of sp³-hybridized carbons (Fsp3) is 0.125. The standard InChI is InChI=1S/C16H8Cl2F3NO2/c1-2-7-24-15(23)14-11(17)5-6-13(22-14)10-4-3-9(8-12(10)18)16(19,20)21/h1,3-6,8H,7H2. The number of ether oxygens (including phenoxy) is 1. The summed E-state index contributed by atoms with van der Waals surface area (Å²) in [5.41, 5.74) is -0.711. The minimum absolute atomic E-state index is 0.0174. The molecule has 0 aliphatic carbocycles. The average Bonchev–Trinajstić information content (AvgIpc) is 2.52. The third-order valence-electron chi connectivity index (χ3n) is 2.90. The molecule has 24 heavy (non-hydrogen) atoms. The maximum absolute atomic E-state index is 12.7. The van der Waals surface area contributed by atoms with Gasteiger partial charge in [0.2, 0.25) is 0 Å². The number of pyridine rings is 1. The lowest BCUT2D eigenvalue weighted by atomic mass is 10.1. The van der Waals surface area contributed by atoms with Crippen LogP contribution in [0.2, 0.25) is 10.0 Å². The Hall–Kier alpha value is -2.23. The lowest BCUT2D eigenvalue weighted by Gasteiger charge is -2.11. The summed E-state index contributed by atoms with van der Waals surface area (Å²) in [5.74, 6) is 1.28. The summed E-state index contributed by atoms with van der Waals surface area (Å²) in [4.78, 5) is 15.8. The molecule has 1 heterocycles. The van der Waals surface area contributed by atoms with Crippen LogP contribution in [0.1, 0.15) is 16.1 Å². The van der Waals surface area contributed by atoms with Gasteiger partial charge in [-0.25, -0.2) is 9.78 Å². The van der Waals surface area contributed by atoms with Crippen LogP contribution in [0.15, 0.2) is 30.3 Å². The van der Waals surface area contributed by atoms with Crippen molar-refractivity contribution in [1.29, 1.82) is 0 Å². The normalized spacial score (nSPS) is 11.0. The van der Waals surface area contributed by atoms with Crippen molar-refractivity contribution in [3.05, 3.63) is 51.6 Å². The zero-order valence-electron chi connectivity index (χ0n) is 11.8. The van der Waals surface area contributed by atoms with Gasteiger partial charge in [0, 0.05) is 5.56 Å². The number of aromatic nitrogens is 1. The molecule has 3 nitrogen and oxygen atoms in total. The number of esters is 1. The van der Waals surface area contributed by atoms with Gasteiger partial charge in [-0.1, -0.05) is 35.2 Å². The van der Waals surface area contributed by atoms with E-state index in [-0.39, 0.29) is 33.6 Å². The summed E-state index contributed by atoms with van der Waals surface area (Å²) < 4.78 is 42.8. The number of hydrogen-bond donors (Lipinski definition) is 0. The second-order valence-corrected chi connectivity index (χ2v) is 5.31. The molecule has 0 bridgehead atoms. The van der Waals surface area contributed by atoms with Crippen LogP contribution in [-0.4, -0.2) is 17.6 Å². The molecular weight excluding hydrogens is 366 g/mol. The smallest absolute Gasteiger partial charge is 0.416 e. The molecule has 0 atom stereocenters. The number of carbonyl (C=O) groups excluding carboxylic acids is 1. The molecule has 2 aromatic rings. The van der Waals surface area contributed by atoms with E-state index in [1.165, 1.54) is 12.1 Å². The first-order valence-corrected chi connectivity index (χ1v) is 7.14. The highest BCUT2D eigenvalue weighted by molar-refractivity contribution is 6.34. The quantitative estimate of drug-likeness (QED) is 0.569. The molecule has 0 radical (unpaired) electrons. The Morgan fingerprint density at radius 1 is 1.21 bits per heavy atom. The lowest BCUT2D eigenvalue weighted by molar-refractivity contribution is -0.137. The minimum Gasteiger partial charge on any atom is -0.448 e. The molecule has 124 valence electrons. The molecule has 0 saturated heterocycles. The molecule has 0 saturated carbocycles. The molecule has 1 aromatic carbocycles. The number of rotatable bonds is 3. The van der Waals surface area contributed by atoms with E-state index in [4.69, 9.17) is 34.4 Å². The highest BCUT2D eigenvalue weighted by atomic mass is 35.5. The van der Waals surface area contributed by atoms with E-state index in [1.54, 1.807) is 0 Å². The average molecular weight is 374 g/mol. The van der Waals surface area contributed by atoms with Gasteiger partial charge in [0.1, 0.15) is 0 Å². The van der Waals surface area contributed by atoms with Crippen LogP contribution >= 0.6 is 23.2 Å². The minimum atomic E-state index is -4.51. The Bertz CT molecular complexity index is 829. The fourth-order valence-electron chi connectivity index (χ4n) is 1.81. The first kappa shape index (κ1) is 18.1. The number of alkyl halides is 3.